The SMILES string of the molecule is CC(=O)NC12C[C@H]3C[C@@H](C1)CC(C(=O)O[C@@H](C(=O)Nc1ccc(C)cc1)c1ccccc1)(C3)C2. The van der Waals surface area contributed by atoms with Gasteiger partial charge >= 0.3 is 5.97 Å². The standard InChI is InChI=1S/C28H32N2O4/c1-18-8-10-23(11-9-18)29-25(32)24(22-6-4-3-5-7-22)34-26(33)27-13-20-12-21(14-27)16-28(15-20,17-27)30-19(2)31/h3-11,20-21,24H,12-17H2,1-2H3,(H,29,32)(H,30,31)/t20-,21+,24-,27?,28?/m1/s1. The van der Waals surface area contributed by atoms with E-state index in [1.165, 1.54) is 0 Å². The second-order valence-electron chi connectivity index (χ2n) is 10.8. The molecule has 4 bridgehead atoms. The van der Waals surface area contributed by atoms with Crippen molar-refractivity contribution in [1.29, 1.82) is 0 Å². The maximum absolute atomic E-state index is 13.8. The first-order valence-electron chi connectivity index (χ1n) is 12.2. The van der Waals surface area contributed by atoms with E-state index in [9.17, 15) is 14.4 Å². The fraction of sp³-hybridized carbons (Fsp3) is 0.464. The molecule has 0 saturated heterocycles. The lowest BCUT2D eigenvalue weighted by molar-refractivity contribution is -0.182. The van der Waals surface area contributed by atoms with Gasteiger partial charge in [-0.25, -0.2) is 0 Å². The average molecular weight is 461 g/mol. The summed E-state index contributed by atoms with van der Waals surface area (Å²) in [4.78, 5) is 39.1. The Hall–Kier alpha value is -3.15. The molecule has 4 aliphatic rings. The van der Waals surface area contributed by atoms with Gasteiger partial charge in [0.25, 0.3) is 5.91 Å². The van der Waals surface area contributed by atoms with Gasteiger partial charge in [0.05, 0.1) is 5.41 Å². The van der Waals surface area contributed by atoms with Crippen molar-refractivity contribution in [1.82, 2.24) is 5.32 Å². The van der Waals surface area contributed by atoms with Gasteiger partial charge < -0.3 is 15.4 Å². The lowest BCUT2D eigenvalue weighted by Crippen LogP contribution is -2.64. The molecule has 0 aliphatic heterocycles. The molecule has 2 amide bonds. The molecule has 2 aromatic rings. The number of anilines is 1. The van der Waals surface area contributed by atoms with Crippen LogP contribution in [0.1, 0.15) is 62.7 Å². The Morgan fingerprint density at radius 1 is 0.941 bits per heavy atom. The van der Waals surface area contributed by atoms with E-state index in [2.05, 4.69) is 10.6 Å². The molecule has 2 unspecified atom stereocenters. The molecule has 178 valence electrons. The third-order valence-corrected chi connectivity index (χ3v) is 7.82. The van der Waals surface area contributed by atoms with Crippen molar-refractivity contribution in [2.75, 3.05) is 5.32 Å². The van der Waals surface area contributed by atoms with E-state index in [1.54, 1.807) is 6.92 Å². The van der Waals surface area contributed by atoms with Crippen molar-refractivity contribution >= 4 is 23.5 Å². The number of amides is 2. The summed E-state index contributed by atoms with van der Waals surface area (Å²) < 4.78 is 6.07. The van der Waals surface area contributed by atoms with E-state index >= 15 is 0 Å². The second kappa shape index (κ2) is 8.57. The van der Waals surface area contributed by atoms with Crippen LogP contribution in [0.15, 0.2) is 54.6 Å². The van der Waals surface area contributed by atoms with Crippen molar-refractivity contribution in [2.24, 2.45) is 17.3 Å². The van der Waals surface area contributed by atoms with Crippen LogP contribution in [-0.2, 0) is 19.1 Å². The summed E-state index contributed by atoms with van der Waals surface area (Å²) in [5.41, 5.74) is 1.41. The maximum Gasteiger partial charge on any atom is 0.313 e. The molecule has 4 aliphatic carbocycles. The Bertz CT molecular complexity index is 1080. The first-order valence-corrected chi connectivity index (χ1v) is 12.2. The third-order valence-electron chi connectivity index (χ3n) is 7.82. The highest BCUT2D eigenvalue weighted by Crippen LogP contribution is 2.62. The van der Waals surface area contributed by atoms with Crippen molar-refractivity contribution in [3.63, 3.8) is 0 Å². The van der Waals surface area contributed by atoms with Gasteiger partial charge in [0, 0.05) is 23.7 Å². The molecule has 4 fully saturated rings. The zero-order valence-electron chi connectivity index (χ0n) is 19.8. The molecule has 34 heavy (non-hydrogen) atoms. The smallest absolute Gasteiger partial charge is 0.313 e. The number of ether oxygens (including phenoxy) is 1. The van der Waals surface area contributed by atoms with Gasteiger partial charge in [-0.1, -0.05) is 48.0 Å². The largest absolute Gasteiger partial charge is 0.447 e. The normalized spacial score (nSPS) is 29.8. The van der Waals surface area contributed by atoms with Gasteiger partial charge in [0.15, 0.2) is 0 Å². The summed E-state index contributed by atoms with van der Waals surface area (Å²) in [6.07, 6.45) is 4.04. The zero-order valence-corrected chi connectivity index (χ0v) is 19.8. The molecule has 6 nitrogen and oxygen atoms in total. The van der Waals surface area contributed by atoms with Gasteiger partial charge in [-0.2, -0.15) is 0 Å². The molecule has 0 spiro atoms. The molecule has 6 rings (SSSR count). The molecule has 5 atom stereocenters. The molecule has 2 aromatic carbocycles. The second-order valence-corrected chi connectivity index (χ2v) is 10.8. The van der Waals surface area contributed by atoms with E-state index < -0.39 is 11.5 Å². The number of rotatable bonds is 6. The van der Waals surface area contributed by atoms with Crippen LogP contribution in [0.4, 0.5) is 5.69 Å². The van der Waals surface area contributed by atoms with Crippen LogP contribution >= 0.6 is 0 Å². The summed E-state index contributed by atoms with van der Waals surface area (Å²) in [7, 11) is 0. The molecule has 0 aromatic heterocycles. The molecular formula is C28H32N2O4. The highest BCUT2D eigenvalue weighted by Gasteiger charge is 2.62. The number of esters is 1. The fourth-order valence-corrected chi connectivity index (χ4v) is 7.00. The number of hydrogen-bond acceptors (Lipinski definition) is 4. The van der Waals surface area contributed by atoms with Crippen LogP contribution in [0.3, 0.4) is 0 Å². The van der Waals surface area contributed by atoms with Gasteiger partial charge in [0.2, 0.25) is 12.0 Å². The number of hydrogen-bond donors (Lipinski definition) is 2. The van der Waals surface area contributed by atoms with Gasteiger partial charge in [0.1, 0.15) is 0 Å². The average Bonchev–Trinajstić information content (AvgIpc) is 2.77. The van der Waals surface area contributed by atoms with Gasteiger partial charge in [-0.05, 0) is 69.4 Å². The highest BCUT2D eigenvalue weighted by molar-refractivity contribution is 5.96. The first-order chi connectivity index (χ1) is 16.3. The minimum atomic E-state index is -1.04. The van der Waals surface area contributed by atoms with Gasteiger partial charge in [-0.15, -0.1) is 0 Å². The molecule has 4 saturated carbocycles. The monoisotopic (exact) mass is 460 g/mol. The van der Waals surface area contributed by atoms with Crippen molar-refractivity contribution in [2.45, 2.75) is 64.0 Å². The Labute approximate surface area is 200 Å². The summed E-state index contributed by atoms with van der Waals surface area (Å²) in [5.74, 6) is 0.0634. The number of carbonyl (C=O) groups excluding carboxylic acids is 3. The highest BCUT2D eigenvalue weighted by atomic mass is 16.5. The lowest BCUT2D eigenvalue weighted by atomic mass is 9.47. The van der Waals surface area contributed by atoms with E-state index in [0.29, 0.717) is 29.5 Å². The van der Waals surface area contributed by atoms with Crippen molar-refractivity contribution in [3.05, 3.63) is 65.7 Å². The quantitative estimate of drug-likeness (QED) is 0.613. The minimum absolute atomic E-state index is 0.0508. The van der Waals surface area contributed by atoms with E-state index in [-0.39, 0.29) is 23.3 Å². The molecule has 6 heteroatoms. The van der Waals surface area contributed by atoms with Crippen molar-refractivity contribution in [3.8, 4) is 0 Å². The predicted molar refractivity (Wildman–Crippen MR) is 129 cm³/mol. The number of benzene rings is 2. The molecule has 0 heterocycles. The zero-order chi connectivity index (χ0) is 23.9. The summed E-state index contributed by atoms with van der Waals surface area (Å²) in [5, 5.41) is 6.09. The molecular weight excluding hydrogens is 428 g/mol. The van der Waals surface area contributed by atoms with Crippen LogP contribution in [0.2, 0.25) is 0 Å². The Morgan fingerprint density at radius 3 is 2.21 bits per heavy atom. The van der Waals surface area contributed by atoms with E-state index in [4.69, 9.17) is 4.74 Å². The predicted octanol–water partition coefficient (Wildman–Crippen LogP) is 4.69. The van der Waals surface area contributed by atoms with Crippen LogP contribution in [0.5, 0.6) is 0 Å². The Balaban J connectivity index is 1.40. The number of aryl methyl sites for hydroxylation is 1. The van der Waals surface area contributed by atoms with Crippen LogP contribution in [-0.4, -0.2) is 23.3 Å². The Morgan fingerprint density at radius 2 is 1.59 bits per heavy atom. The lowest BCUT2D eigenvalue weighted by Gasteiger charge is -2.60. The van der Waals surface area contributed by atoms with Crippen molar-refractivity contribution < 1.29 is 19.1 Å². The fourth-order valence-electron chi connectivity index (χ4n) is 7.00. The first kappa shape index (κ1) is 22.6. The maximum atomic E-state index is 13.8. The van der Waals surface area contributed by atoms with E-state index in [0.717, 1.165) is 37.7 Å². The van der Waals surface area contributed by atoms with Gasteiger partial charge in [-0.3, -0.25) is 14.4 Å². The minimum Gasteiger partial charge on any atom is -0.447 e. The third kappa shape index (κ3) is 4.33. The summed E-state index contributed by atoms with van der Waals surface area (Å²) in [6.45, 7) is 3.53. The molecule has 2 N–H and O–H groups in total. The van der Waals surface area contributed by atoms with Crippen LogP contribution in [0, 0.1) is 24.2 Å². The topological polar surface area (TPSA) is 84.5 Å². The van der Waals surface area contributed by atoms with E-state index in [1.807, 2.05) is 61.5 Å². The summed E-state index contributed by atoms with van der Waals surface area (Å²) in [6, 6.07) is 16.7. The number of carbonyl (C=O) groups is 3. The van der Waals surface area contributed by atoms with Crippen LogP contribution < -0.4 is 10.6 Å². The number of nitrogens with one attached hydrogen (secondary N) is 2. The summed E-state index contributed by atoms with van der Waals surface area (Å²) >= 11 is 0. The van der Waals surface area contributed by atoms with Crippen LogP contribution in [0.25, 0.3) is 0 Å². The molecule has 0 radical (unpaired) electrons. The Kier molecular flexibility index (Phi) is 5.70.